The molecule has 2 aromatic heterocycles. The number of anilines is 1. The van der Waals surface area contributed by atoms with Crippen LogP contribution in [0.3, 0.4) is 0 Å². The van der Waals surface area contributed by atoms with E-state index in [0.29, 0.717) is 28.0 Å². The summed E-state index contributed by atoms with van der Waals surface area (Å²) in [6.07, 6.45) is 0. The Morgan fingerprint density at radius 2 is 1.67 bits per heavy atom. The molecule has 0 bridgehead atoms. The van der Waals surface area contributed by atoms with Crippen molar-refractivity contribution in [3.63, 3.8) is 0 Å². The molecule has 0 saturated heterocycles. The minimum atomic E-state index is -0.382. The third-order valence-corrected chi connectivity index (χ3v) is 5.86. The molecule has 5 aromatic rings. The van der Waals surface area contributed by atoms with Gasteiger partial charge in [0.05, 0.1) is 12.8 Å². The maximum absolute atomic E-state index is 13.6. The smallest absolute Gasteiger partial charge is 0.296 e. The summed E-state index contributed by atoms with van der Waals surface area (Å²) in [7, 11) is 3.41. The van der Waals surface area contributed by atoms with Crippen LogP contribution in [0.15, 0.2) is 77.6 Å². The molecule has 7 nitrogen and oxygen atoms in total. The van der Waals surface area contributed by atoms with Crippen LogP contribution in [-0.2, 0) is 7.05 Å². The van der Waals surface area contributed by atoms with Gasteiger partial charge in [0.25, 0.3) is 11.5 Å². The van der Waals surface area contributed by atoms with Crippen molar-refractivity contribution in [2.45, 2.75) is 6.92 Å². The van der Waals surface area contributed by atoms with E-state index in [0.717, 1.165) is 16.5 Å². The standard InChI is InChI=1S/C26H22N4O3/c1-16-8-4-6-10-20(16)27-25(31)23-22-19-9-5-7-11-21(19)29(2)24(22)26(32)30(28-23)17-12-14-18(33-3)15-13-17/h4-15H,1-3H3,(H,27,31). The van der Waals surface area contributed by atoms with Gasteiger partial charge < -0.3 is 14.6 Å². The minimum absolute atomic E-state index is 0.181. The molecule has 1 N–H and O–H groups in total. The molecule has 0 fully saturated rings. The highest BCUT2D eigenvalue weighted by Crippen LogP contribution is 2.29. The van der Waals surface area contributed by atoms with Crippen molar-refractivity contribution in [1.29, 1.82) is 0 Å². The van der Waals surface area contributed by atoms with E-state index in [-0.39, 0.29) is 17.2 Å². The summed E-state index contributed by atoms with van der Waals surface area (Å²) < 4.78 is 8.32. The zero-order chi connectivity index (χ0) is 23.1. The molecular formula is C26H22N4O3. The van der Waals surface area contributed by atoms with Crippen LogP contribution < -0.4 is 15.6 Å². The lowest BCUT2D eigenvalue weighted by molar-refractivity contribution is 0.102. The third kappa shape index (κ3) is 3.34. The SMILES string of the molecule is COc1ccc(-n2nc(C(=O)Nc3ccccc3C)c3c4ccccc4n(C)c3c2=O)cc1. The number of methoxy groups -OCH3 is 1. The van der Waals surface area contributed by atoms with Crippen LogP contribution in [0, 0.1) is 6.92 Å². The van der Waals surface area contributed by atoms with Gasteiger partial charge in [-0.25, -0.2) is 0 Å². The van der Waals surface area contributed by atoms with E-state index in [2.05, 4.69) is 10.4 Å². The summed E-state index contributed by atoms with van der Waals surface area (Å²) in [4.78, 5) is 27.1. The molecule has 0 atom stereocenters. The van der Waals surface area contributed by atoms with E-state index >= 15 is 0 Å². The third-order valence-electron chi connectivity index (χ3n) is 5.86. The van der Waals surface area contributed by atoms with Gasteiger partial charge in [-0.15, -0.1) is 0 Å². The zero-order valence-electron chi connectivity index (χ0n) is 18.5. The largest absolute Gasteiger partial charge is 0.497 e. The number of fused-ring (bicyclic) bond motifs is 3. The molecule has 1 amide bonds. The first-order valence-corrected chi connectivity index (χ1v) is 10.5. The summed E-state index contributed by atoms with van der Waals surface area (Å²) >= 11 is 0. The number of nitrogens with one attached hydrogen (secondary N) is 1. The Morgan fingerprint density at radius 1 is 0.970 bits per heavy atom. The van der Waals surface area contributed by atoms with Gasteiger partial charge in [-0.05, 0) is 48.9 Å². The molecule has 0 spiro atoms. The minimum Gasteiger partial charge on any atom is -0.497 e. The molecule has 0 aliphatic rings. The first-order chi connectivity index (χ1) is 16.0. The Balaban J connectivity index is 1.80. The molecule has 3 aromatic carbocycles. The first-order valence-electron chi connectivity index (χ1n) is 10.5. The monoisotopic (exact) mass is 438 g/mol. The van der Waals surface area contributed by atoms with Gasteiger partial charge in [0.1, 0.15) is 11.3 Å². The van der Waals surface area contributed by atoms with Crippen LogP contribution in [-0.4, -0.2) is 27.4 Å². The van der Waals surface area contributed by atoms with Gasteiger partial charge in [-0.1, -0.05) is 36.4 Å². The van der Waals surface area contributed by atoms with Gasteiger partial charge in [0, 0.05) is 29.0 Å². The van der Waals surface area contributed by atoms with Crippen LogP contribution in [0.4, 0.5) is 5.69 Å². The van der Waals surface area contributed by atoms with Crippen molar-refractivity contribution >= 4 is 33.4 Å². The number of para-hydroxylation sites is 2. The zero-order valence-corrected chi connectivity index (χ0v) is 18.5. The second kappa shape index (κ2) is 7.94. The maximum Gasteiger partial charge on any atom is 0.296 e. The number of rotatable bonds is 4. The lowest BCUT2D eigenvalue weighted by Crippen LogP contribution is -2.27. The summed E-state index contributed by atoms with van der Waals surface area (Å²) in [5, 5.41) is 8.85. The predicted molar refractivity (Wildman–Crippen MR) is 130 cm³/mol. The molecule has 2 heterocycles. The van der Waals surface area contributed by atoms with Crippen molar-refractivity contribution in [3.8, 4) is 11.4 Å². The van der Waals surface area contributed by atoms with Crippen LogP contribution in [0.5, 0.6) is 5.75 Å². The molecule has 164 valence electrons. The lowest BCUT2D eigenvalue weighted by atomic mass is 10.1. The van der Waals surface area contributed by atoms with E-state index in [1.807, 2.05) is 67.1 Å². The second-order valence-corrected chi connectivity index (χ2v) is 7.83. The Hall–Kier alpha value is -4.39. The molecule has 0 aliphatic heterocycles. The van der Waals surface area contributed by atoms with E-state index < -0.39 is 0 Å². The number of nitrogens with zero attached hydrogens (tertiary/aromatic N) is 3. The van der Waals surface area contributed by atoms with Gasteiger partial charge in [-0.2, -0.15) is 9.78 Å². The Labute approximate surface area is 189 Å². The molecule has 7 heteroatoms. The first kappa shape index (κ1) is 20.5. The second-order valence-electron chi connectivity index (χ2n) is 7.83. The molecule has 0 unspecified atom stereocenters. The highest BCUT2D eigenvalue weighted by molar-refractivity contribution is 6.19. The molecule has 0 saturated carbocycles. The highest BCUT2D eigenvalue weighted by Gasteiger charge is 2.23. The van der Waals surface area contributed by atoms with Gasteiger partial charge in [-0.3, -0.25) is 9.59 Å². The van der Waals surface area contributed by atoms with E-state index in [1.165, 1.54) is 4.68 Å². The summed E-state index contributed by atoms with van der Waals surface area (Å²) in [6.45, 7) is 1.93. The normalized spacial score (nSPS) is 11.1. The van der Waals surface area contributed by atoms with Crippen molar-refractivity contribution in [2.75, 3.05) is 12.4 Å². The van der Waals surface area contributed by atoms with E-state index in [4.69, 9.17) is 4.74 Å². The molecule has 0 aliphatic carbocycles. The van der Waals surface area contributed by atoms with Crippen molar-refractivity contribution in [1.82, 2.24) is 14.3 Å². The fourth-order valence-corrected chi connectivity index (χ4v) is 4.13. The van der Waals surface area contributed by atoms with Crippen LogP contribution >= 0.6 is 0 Å². The van der Waals surface area contributed by atoms with Crippen LogP contribution in [0.1, 0.15) is 16.1 Å². The highest BCUT2D eigenvalue weighted by atomic mass is 16.5. The fourth-order valence-electron chi connectivity index (χ4n) is 4.13. The average Bonchev–Trinajstić information content (AvgIpc) is 3.14. The predicted octanol–water partition coefficient (Wildman–Crippen LogP) is 4.45. The summed E-state index contributed by atoms with van der Waals surface area (Å²) in [6, 6.07) is 22.2. The fraction of sp³-hybridized carbons (Fsp3) is 0.115. The number of carbonyl (C=O) groups is 1. The number of benzene rings is 3. The van der Waals surface area contributed by atoms with Gasteiger partial charge in [0.2, 0.25) is 0 Å². The number of hydrogen-bond donors (Lipinski definition) is 1. The maximum atomic E-state index is 13.6. The van der Waals surface area contributed by atoms with Crippen molar-refractivity contribution in [3.05, 3.63) is 94.4 Å². The molecule has 5 rings (SSSR count). The van der Waals surface area contributed by atoms with E-state index in [9.17, 15) is 9.59 Å². The van der Waals surface area contributed by atoms with Gasteiger partial charge in [0.15, 0.2) is 5.69 Å². The summed E-state index contributed by atoms with van der Waals surface area (Å²) in [5.74, 6) is 0.280. The number of hydrogen-bond acceptors (Lipinski definition) is 4. The quantitative estimate of drug-likeness (QED) is 0.450. The number of amides is 1. The van der Waals surface area contributed by atoms with Gasteiger partial charge >= 0.3 is 0 Å². The van der Waals surface area contributed by atoms with Crippen LogP contribution in [0.25, 0.3) is 27.5 Å². The lowest BCUT2D eigenvalue weighted by Gasteiger charge is -2.12. The summed E-state index contributed by atoms with van der Waals surface area (Å²) in [5.41, 5.74) is 3.31. The number of aromatic nitrogens is 3. The molecular weight excluding hydrogens is 416 g/mol. The topological polar surface area (TPSA) is 78.2 Å². The van der Waals surface area contributed by atoms with Crippen LogP contribution in [0.2, 0.25) is 0 Å². The average molecular weight is 438 g/mol. The Bertz CT molecular complexity index is 1580. The number of ether oxygens (including phenoxy) is 1. The molecule has 0 radical (unpaired) electrons. The van der Waals surface area contributed by atoms with Crippen molar-refractivity contribution < 1.29 is 9.53 Å². The Kier molecular flexibility index (Phi) is 4.94. The van der Waals surface area contributed by atoms with Crippen molar-refractivity contribution in [2.24, 2.45) is 7.05 Å². The molecule has 33 heavy (non-hydrogen) atoms. The Morgan fingerprint density at radius 3 is 2.39 bits per heavy atom. The van der Waals surface area contributed by atoms with E-state index in [1.54, 1.807) is 31.4 Å². The number of carbonyl (C=O) groups excluding carboxylic acids is 1. The number of aryl methyl sites for hydroxylation is 2.